The van der Waals surface area contributed by atoms with Crippen molar-refractivity contribution >= 4 is 40.0 Å². The lowest BCUT2D eigenvalue weighted by molar-refractivity contribution is -0.115. The Balaban J connectivity index is 1.35. The van der Waals surface area contributed by atoms with Crippen molar-refractivity contribution in [2.24, 2.45) is 4.99 Å². The third-order valence-electron chi connectivity index (χ3n) is 4.46. The SMILES string of the molecule is Cc1nc2ccc(/C=C3/SC(=NCCCN4CCOCC4)NC3=O)cc2o1. The number of rotatable bonds is 5. The summed E-state index contributed by atoms with van der Waals surface area (Å²) < 4.78 is 10.9. The van der Waals surface area contributed by atoms with Gasteiger partial charge in [-0.1, -0.05) is 6.07 Å². The van der Waals surface area contributed by atoms with Crippen molar-refractivity contribution in [1.82, 2.24) is 15.2 Å². The van der Waals surface area contributed by atoms with Gasteiger partial charge in [-0.25, -0.2) is 4.98 Å². The summed E-state index contributed by atoms with van der Waals surface area (Å²) in [4.78, 5) is 24.0. The number of hydrogen-bond acceptors (Lipinski definition) is 7. The number of oxazole rings is 1. The number of aryl methyl sites for hydroxylation is 1. The minimum absolute atomic E-state index is 0.110. The van der Waals surface area contributed by atoms with E-state index in [1.807, 2.05) is 31.2 Å². The molecule has 2 aliphatic heterocycles. The fourth-order valence-electron chi connectivity index (χ4n) is 3.10. The predicted octanol–water partition coefficient (Wildman–Crippen LogP) is 2.42. The second-order valence-corrected chi connectivity index (χ2v) is 7.55. The molecule has 0 saturated carbocycles. The number of hydrogen-bond donors (Lipinski definition) is 1. The van der Waals surface area contributed by atoms with Crippen molar-refractivity contribution in [3.8, 4) is 0 Å². The van der Waals surface area contributed by atoms with Crippen LogP contribution < -0.4 is 5.32 Å². The zero-order chi connectivity index (χ0) is 18.6. The molecule has 4 rings (SSSR count). The first-order chi connectivity index (χ1) is 13.2. The lowest BCUT2D eigenvalue weighted by Gasteiger charge is -2.26. The standard InChI is InChI=1S/C19H22N4O3S/c1-13-21-15-4-3-14(11-16(15)26-13)12-17-18(24)22-19(27-17)20-5-2-6-23-7-9-25-10-8-23/h3-4,11-12H,2,5-10H2,1H3,(H,20,22,24)/b17-12+. The van der Waals surface area contributed by atoms with E-state index >= 15 is 0 Å². The van der Waals surface area contributed by atoms with Crippen LogP contribution in [0.4, 0.5) is 0 Å². The van der Waals surface area contributed by atoms with Crippen LogP contribution in [0.1, 0.15) is 17.9 Å². The Hall–Kier alpha value is -2.16. The molecule has 1 N–H and O–H groups in total. The normalized spacial score (nSPS) is 21.4. The summed E-state index contributed by atoms with van der Waals surface area (Å²) in [5.74, 6) is 0.523. The van der Waals surface area contributed by atoms with E-state index in [4.69, 9.17) is 9.15 Å². The molecule has 8 heteroatoms. The second kappa shape index (κ2) is 8.24. The Labute approximate surface area is 161 Å². The van der Waals surface area contributed by atoms with Gasteiger partial charge < -0.3 is 14.5 Å². The molecule has 27 heavy (non-hydrogen) atoms. The summed E-state index contributed by atoms with van der Waals surface area (Å²) in [5.41, 5.74) is 2.45. The number of amides is 1. The van der Waals surface area contributed by atoms with Crippen LogP contribution >= 0.6 is 11.8 Å². The van der Waals surface area contributed by atoms with Crippen molar-refractivity contribution in [2.75, 3.05) is 39.4 Å². The molecule has 2 saturated heterocycles. The van der Waals surface area contributed by atoms with Crippen LogP contribution in [0.2, 0.25) is 0 Å². The highest BCUT2D eigenvalue weighted by Crippen LogP contribution is 2.27. The van der Waals surface area contributed by atoms with E-state index in [0.29, 0.717) is 22.5 Å². The van der Waals surface area contributed by atoms with Gasteiger partial charge in [-0.05, 0) is 42.0 Å². The van der Waals surface area contributed by atoms with Gasteiger partial charge in [-0.15, -0.1) is 0 Å². The van der Waals surface area contributed by atoms with Crippen molar-refractivity contribution in [3.63, 3.8) is 0 Å². The number of aromatic nitrogens is 1. The molecule has 0 spiro atoms. The van der Waals surface area contributed by atoms with Gasteiger partial charge in [-0.3, -0.25) is 14.7 Å². The zero-order valence-corrected chi connectivity index (χ0v) is 16.1. The molecule has 0 bridgehead atoms. The third kappa shape index (κ3) is 4.58. The first-order valence-corrected chi connectivity index (χ1v) is 9.92. The number of morpholine rings is 1. The molecule has 0 radical (unpaired) electrons. The molecule has 2 aromatic rings. The first-order valence-electron chi connectivity index (χ1n) is 9.10. The smallest absolute Gasteiger partial charge is 0.264 e. The van der Waals surface area contributed by atoms with Gasteiger partial charge in [0.2, 0.25) is 0 Å². The van der Waals surface area contributed by atoms with Gasteiger partial charge in [-0.2, -0.15) is 0 Å². The minimum atomic E-state index is -0.110. The van der Waals surface area contributed by atoms with Crippen molar-refractivity contribution in [3.05, 3.63) is 34.6 Å². The number of ether oxygens (including phenoxy) is 1. The average molecular weight is 386 g/mol. The Kier molecular flexibility index (Phi) is 5.56. The van der Waals surface area contributed by atoms with Crippen LogP contribution in [0, 0.1) is 6.92 Å². The van der Waals surface area contributed by atoms with Crippen molar-refractivity contribution in [1.29, 1.82) is 0 Å². The molecule has 2 fully saturated rings. The summed E-state index contributed by atoms with van der Waals surface area (Å²) in [6, 6.07) is 5.73. The maximum atomic E-state index is 12.2. The summed E-state index contributed by atoms with van der Waals surface area (Å²) in [5, 5.41) is 3.51. The number of thioether (sulfide) groups is 1. The Bertz CT molecular complexity index is 899. The molecule has 0 unspecified atom stereocenters. The quantitative estimate of drug-likeness (QED) is 0.628. The van der Waals surface area contributed by atoms with Gasteiger partial charge >= 0.3 is 0 Å². The minimum Gasteiger partial charge on any atom is -0.441 e. The summed E-state index contributed by atoms with van der Waals surface area (Å²) in [6.45, 7) is 7.14. The number of fused-ring (bicyclic) bond motifs is 1. The lowest BCUT2D eigenvalue weighted by Crippen LogP contribution is -2.37. The molecule has 2 aliphatic rings. The molecule has 0 aliphatic carbocycles. The summed E-state index contributed by atoms with van der Waals surface area (Å²) >= 11 is 1.38. The van der Waals surface area contributed by atoms with E-state index in [2.05, 4.69) is 20.2 Å². The van der Waals surface area contributed by atoms with Crippen LogP contribution in [-0.4, -0.2) is 60.4 Å². The average Bonchev–Trinajstić information content (AvgIpc) is 3.21. The van der Waals surface area contributed by atoms with Crippen LogP contribution in [0.15, 0.2) is 32.5 Å². The fourth-order valence-corrected chi connectivity index (χ4v) is 3.95. The highest BCUT2D eigenvalue weighted by atomic mass is 32.2. The third-order valence-corrected chi connectivity index (χ3v) is 5.41. The monoisotopic (exact) mass is 386 g/mol. The Morgan fingerprint density at radius 2 is 2.22 bits per heavy atom. The molecular weight excluding hydrogens is 364 g/mol. The lowest BCUT2D eigenvalue weighted by atomic mass is 10.2. The molecule has 7 nitrogen and oxygen atoms in total. The molecule has 1 amide bonds. The second-order valence-electron chi connectivity index (χ2n) is 6.52. The van der Waals surface area contributed by atoms with Crippen molar-refractivity contribution in [2.45, 2.75) is 13.3 Å². The number of benzene rings is 1. The molecule has 1 aromatic carbocycles. The maximum Gasteiger partial charge on any atom is 0.264 e. The highest BCUT2D eigenvalue weighted by molar-refractivity contribution is 8.18. The number of nitrogens with one attached hydrogen (secondary N) is 1. The van der Waals surface area contributed by atoms with Crippen LogP contribution in [0.25, 0.3) is 17.2 Å². The summed E-state index contributed by atoms with van der Waals surface area (Å²) in [7, 11) is 0. The molecular formula is C19H22N4O3S. The number of carbonyl (C=O) groups excluding carboxylic acids is 1. The van der Waals surface area contributed by atoms with Gasteiger partial charge in [0.1, 0.15) is 5.52 Å². The molecule has 3 heterocycles. The predicted molar refractivity (Wildman–Crippen MR) is 107 cm³/mol. The van der Waals surface area contributed by atoms with E-state index < -0.39 is 0 Å². The van der Waals surface area contributed by atoms with E-state index in [1.54, 1.807) is 0 Å². The number of carbonyl (C=O) groups is 1. The highest BCUT2D eigenvalue weighted by Gasteiger charge is 2.23. The number of amidine groups is 1. The van der Waals surface area contributed by atoms with Crippen LogP contribution in [0.3, 0.4) is 0 Å². The van der Waals surface area contributed by atoms with E-state index in [9.17, 15) is 4.79 Å². The zero-order valence-electron chi connectivity index (χ0n) is 15.2. The molecule has 0 atom stereocenters. The topological polar surface area (TPSA) is 80.0 Å². The fraction of sp³-hybridized carbons (Fsp3) is 0.421. The number of nitrogens with zero attached hydrogens (tertiary/aromatic N) is 3. The Morgan fingerprint density at radius 3 is 3.07 bits per heavy atom. The van der Waals surface area contributed by atoms with E-state index in [0.717, 1.165) is 55.9 Å². The maximum absolute atomic E-state index is 12.2. The molecule has 1 aromatic heterocycles. The first kappa shape index (κ1) is 18.2. The van der Waals surface area contributed by atoms with E-state index in [1.165, 1.54) is 11.8 Å². The van der Waals surface area contributed by atoms with E-state index in [-0.39, 0.29) is 5.91 Å². The van der Waals surface area contributed by atoms with Crippen LogP contribution in [-0.2, 0) is 9.53 Å². The van der Waals surface area contributed by atoms with Crippen LogP contribution in [0.5, 0.6) is 0 Å². The largest absolute Gasteiger partial charge is 0.441 e. The molecule has 142 valence electrons. The van der Waals surface area contributed by atoms with Gasteiger partial charge in [0.15, 0.2) is 16.6 Å². The van der Waals surface area contributed by atoms with Gasteiger partial charge in [0.25, 0.3) is 5.91 Å². The van der Waals surface area contributed by atoms with Crippen molar-refractivity contribution < 1.29 is 13.9 Å². The summed E-state index contributed by atoms with van der Waals surface area (Å²) in [6.07, 6.45) is 2.83. The van der Waals surface area contributed by atoms with Gasteiger partial charge in [0, 0.05) is 33.1 Å². The van der Waals surface area contributed by atoms with Gasteiger partial charge in [0.05, 0.1) is 18.1 Å². The number of aliphatic imine (C=N–C) groups is 1. The Morgan fingerprint density at radius 1 is 1.37 bits per heavy atom.